The Morgan fingerprint density at radius 1 is 1.33 bits per heavy atom. The minimum Gasteiger partial charge on any atom is -0.365 e. The van der Waals surface area contributed by atoms with Crippen molar-refractivity contribution in [3.05, 3.63) is 33.3 Å². The minimum atomic E-state index is -0.356. The molecule has 1 saturated heterocycles. The summed E-state index contributed by atoms with van der Waals surface area (Å²) in [6, 6.07) is 4.90. The second kappa shape index (κ2) is 5.14. The first kappa shape index (κ1) is 13.1. The van der Waals surface area contributed by atoms with Crippen molar-refractivity contribution in [1.82, 2.24) is 0 Å². The third-order valence-corrected chi connectivity index (χ3v) is 3.58. The number of hydrogen-bond acceptors (Lipinski definition) is 3. The van der Waals surface area contributed by atoms with Crippen LogP contribution in [0.2, 0.25) is 5.02 Å². The van der Waals surface area contributed by atoms with Crippen LogP contribution in [0.4, 0.5) is 11.4 Å². The smallest absolute Gasteiger partial charge is 0.294 e. The lowest BCUT2D eigenvalue weighted by atomic mass is 9.91. The molecule has 0 amide bonds. The normalized spacial score (nSPS) is 24.1. The van der Waals surface area contributed by atoms with E-state index in [0.717, 1.165) is 13.1 Å². The van der Waals surface area contributed by atoms with Crippen LogP contribution in [0.15, 0.2) is 18.2 Å². The number of halogens is 1. The number of hydrogen-bond donors (Lipinski definition) is 0. The van der Waals surface area contributed by atoms with Gasteiger partial charge in [0, 0.05) is 24.2 Å². The largest absolute Gasteiger partial charge is 0.365 e. The molecule has 0 spiro atoms. The number of piperidine rings is 1. The van der Waals surface area contributed by atoms with Gasteiger partial charge in [0.15, 0.2) is 0 Å². The standard InChI is InChI=1S/C13H17ClN2O2/c1-9-5-10(2)8-15(7-9)12-4-3-11(14)6-13(12)16(17)18/h3-4,6,9-10H,5,7-8H2,1-2H3/t9-,10+. The van der Waals surface area contributed by atoms with E-state index in [1.807, 2.05) is 0 Å². The van der Waals surface area contributed by atoms with E-state index in [-0.39, 0.29) is 10.6 Å². The molecule has 0 aliphatic carbocycles. The van der Waals surface area contributed by atoms with Crippen molar-refractivity contribution in [2.45, 2.75) is 20.3 Å². The molecular weight excluding hydrogens is 252 g/mol. The Bertz CT molecular complexity index is 454. The molecule has 1 aliphatic heterocycles. The molecule has 1 heterocycles. The zero-order valence-corrected chi connectivity index (χ0v) is 11.4. The molecule has 5 heteroatoms. The number of rotatable bonds is 2. The Morgan fingerprint density at radius 2 is 1.94 bits per heavy atom. The molecule has 0 aromatic heterocycles. The van der Waals surface area contributed by atoms with Crippen molar-refractivity contribution in [2.75, 3.05) is 18.0 Å². The summed E-state index contributed by atoms with van der Waals surface area (Å²) in [7, 11) is 0. The molecule has 0 radical (unpaired) electrons. The van der Waals surface area contributed by atoms with Crippen LogP contribution >= 0.6 is 11.6 Å². The summed E-state index contributed by atoms with van der Waals surface area (Å²) in [4.78, 5) is 12.8. The predicted octanol–water partition coefficient (Wildman–Crippen LogP) is 3.73. The Balaban J connectivity index is 2.35. The van der Waals surface area contributed by atoms with E-state index in [9.17, 15) is 10.1 Å². The lowest BCUT2D eigenvalue weighted by molar-refractivity contribution is -0.384. The quantitative estimate of drug-likeness (QED) is 0.606. The van der Waals surface area contributed by atoms with E-state index in [4.69, 9.17) is 11.6 Å². The molecule has 18 heavy (non-hydrogen) atoms. The lowest BCUT2D eigenvalue weighted by Gasteiger charge is -2.36. The van der Waals surface area contributed by atoms with Crippen LogP contribution in [0.3, 0.4) is 0 Å². The molecule has 0 unspecified atom stereocenters. The highest BCUT2D eigenvalue weighted by molar-refractivity contribution is 6.30. The Labute approximate surface area is 112 Å². The molecule has 0 N–H and O–H groups in total. The van der Waals surface area contributed by atoms with E-state index in [1.54, 1.807) is 12.1 Å². The first-order chi connectivity index (χ1) is 8.47. The van der Waals surface area contributed by atoms with Gasteiger partial charge in [-0.2, -0.15) is 0 Å². The summed E-state index contributed by atoms with van der Waals surface area (Å²) in [5.74, 6) is 1.12. The lowest BCUT2D eigenvalue weighted by Crippen LogP contribution is -2.39. The van der Waals surface area contributed by atoms with Gasteiger partial charge < -0.3 is 4.90 Å². The van der Waals surface area contributed by atoms with Crippen molar-refractivity contribution in [2.24, 2.45) is 11.8 Å². The Kier molecular flexibility index (Phi) is 3.76. The highest BCUT2D eigenvalue weighted by Gasteiger charge is 2.26. The van der Waals surface area contributed by atoms with E-state index in [2.05, 4.69) is 18.7 Å². The van der Waals surface area contributed by atoms with Crippen LogP contribution in [-0.2, 0) is 0 Å². The number of nitro groups is 1. The maximum absolute atomic E-state index is 11.1. The van der Waals surface area contributed by atoms with Crippen LogP contribution in [-0.4, -0.2) is 18.0 Å². The molecule has 1 aliphatic rings. The van der Waals surface area contributed by atoms with Gasteiger partial charge in [0.05, 0.1) is 4.92 Å². The van der Waals surface area contributed by atoms with E-state index < -0.39 is 0 Å². The van der Waals surface area contributed by atoms with Crippen molar-refractivity contribution in [3.63, 3.8) is 0 Å². The first-order valence-electron chi connectivity index (χ1n) is 6.16. The molecule has 0 saturated carbocycles. The molecule has 0 bridgehead atoms. The van der Waals surface area contributed by atoms with Gasteiger partial charge in [-0.1, -0.05) is 25.4 Å². The third-order valence-electron chi connectivity index (χ3n) is 3.34. The predicted molar refractivity (Wildman–Crippen MR) is 73.3 cm³/mol. The van der Waals surface area contributed by atoms with E-state index in [0.29, 0.717) is 22.5 Å². The Morgan fingerprint density at radius 3 is 2.50 bits per heavy atom. The second-order valence-electron chi connectivity index (χ2n) is 5.24. The topological polar surface area (TPSA) is 46.4 Å². The molecule has 1 fully saturated rings. The van der Waals surface area contributed by atoms with Gasteiger partial charge in [0.25, 0.3) is 5.69 Å². The van der Waals surface area contributed by atoms with Crippen LogP contribution in [0.5, 0.6) is 0 Å². The van der Waals surface area contributed by atoms with E-state index >= 15 is 0 Å². The molecule has 1 aromatic carbocycles. The van der Waals surface area contributed by atoms with Gasteiger partial charge in [-0.05, 0) is 30.4 Å². The van der Waals surface area contributed by atoms with Crippen LogP contribution in [0.1, 0.15) is 20.3 Å². The summed E-state index contributed by atoms with van der Waals surface area (Å²) in [5.41, 5.74) is 0.784. The maximum atomic E-state index is 11.1. The summed E-state index contributed by atoms with van der Waals surface area (Å²) in [6.07, 6.45) is 1.18. The summed E-state index contributed by atoms with van der Waals surface area (Å²) >= 11 is 5.83. The van der Waals surface area contributed by atoms with E-state index in [1.165, 1.54) is 12.5 Å². The monoisotopic (exact) mass is 268 g/mol. The zero-order chi connectivity index (χ0) is 13.3. The summed E-state index contributed by atoms with van der Waals surface area (Å²) < 4.78 is 0. The molecule has 2 rings (SSSR count). The minimum absolute atomic E-state index is 0.101. The van der Waals surface area contributed by atoms with Gasteiger partial charge in [-0.15, -0.1) is 0 Å². The van der Waals surface area contributed by atoms with Gasteiger partial charge >= 0.3 is 0 Å². The Hall–Kier alpha value is -1.29. The van der Waals surface area contributed by atoms with Gasteiger partial charge in [0.1, 0.15) is 5.69 Å². The fourth-order valence-corrected chi connectivity index (χ4v) is 2.94. The molecule has 1 aromatic rings. The number of nitrogens with zero attached hydrogens (tertiary/aromatic N) is 2. The fraction of sp³-hybridized carbons (Fsp3) is 0.538. The number of benzene rings is 1. The van der Waals surface area contributed by atoms with Gasteiger partial charge in [0.2, 0.25) is 0 Å². The van der Waals surface area contributed by atoms with Crippen molar-refractivity contribution >= 4 is 23.0 Å². The molecular formula is C13H17ClN2O2. The SMILES string of the molecule is C[C@@H]1C[C@H](C)CN(c2ccc(Cl)cc2[N+](=O)[O-])C1. The zero-order valence-electron chi connectivity index (χ0n) is 10.6. The summed E-state index contributed by atoms with van der Waals surface area (Å²) in [6.45, 7) is 6.11. The maximum Gasteiger partial charge on any atom is 0.294 e. The number of nitro benzene ring substituents is 1. The highest BCUT2D eigenvalue weighted by atomic mass is 35.5. The van der Waals surface area contributed by atoms with Crippen molar-refractivity contribution in [1.29, 1.82) is 0 Å². The van der Waals surface area contributed by atoms with Crippen LogP contribution in [0.25, 0.3) is 0 Å². The average Bonchev–Trinajstić information content (AvgIpc) is 2.27. The van der Waals surface area contributed by atoms with Crippen molar-refractivity contribution < 1.29 is 4.92 Å². The fourth-order valence-electron chi connectivity index (χ4n) is 2.77. The third kappa shape index (κ3) is 2.75. The summed E-state index contributed by atoms with van der Waals surface area (Å²) in [5, 5.41) is 11.5. The van der Waals surface area contributed by atoms with Crippen molar-refractivity contribution in [3.8, 4) is 0 Å². The molecule has 98 valence electrons. The van der Waals surface area contributed by atoms with Crippen LogP contribution < -0.4 is 4.90 Å². The first-order valence-corrected chi connectivity index (χ1v) is 6.54. The molecule has 4 nitrogen and oxygen atoms in total. The van der Waals surface area contributed by atoms with Gasteiger partial charge in [-0.25, -0.2) is 0 Å². The van der Waals surface area contributed by atoms with Crippen LogP contribution in [0, 0.1) is 22.0 Å². The molecule has 2 atom stereocenters. The highest BCUT2D eigenvalue weighted by Crippen LogP contribution is 2.34. The van der Waals surface area contributed by atoms with Gasteiger partial charge in [-0.3, -0.25) is 10.1 Å². The average molecular weight is 269 g/mol. The number of anilines is 1. The second-order valence-corrected chi connectivity index (χ2v) is 5.68.